The Bertz CT molecular complexity index is 1200. The fourth-order valence-corrected chi connectivity index (χ4v) is 5.80. The van der Waals surface area contributed by atoms with Crippen LogP contribution in [0.2, 0.25) is 0 Å². The average Bonchev–Trinajstić information content (AvgIpc) is 3.40. The summed E-state index contributed by atoms with van der Waals surface area (Å²) < 4.78 is 6.53. The number of thioether (sulfide) groups is 1. The van der Waals surface area contributed by atoms with Crippen molar-refractivity contribution in [2.75, 3.05) is 5.75 Å². The first-order chi connectivity index (χ1) is 15.0. The van der Waals surface area contributed by atoms with Gasteiger partial charge in [0.15, 0.2) is 10.9 Å². The van der Waals surface area contributed by atoms with E-state index >= 15 is 0 Å². The molecule has 0 fully saturated rings. The molecule has 2 N–H and O–H groups in total. The second-order valence-corrected chi connectivity index (χ2v) is 9.43. The second-order valence-electron chi connectivity index (χ2n) is 7.40. The van der Waals surface area contributed by atoms with Gasteiger partial charge in [0.25, 0.3) is 5.56 Å². The standard InChI is InChI=1S/C21H22N4O4S2/c1-3-8-25-20(28)17-13-7-6-12(2)10-15(13)31-19(17)22-21(25)30-11-16(26)23-24-18(27)14-5-4-9-29-14/h3-5,9,12H,1,6-8,10-11H2,2H3,(H,23,26)(H,24,27). The Morgan fingerprint density at radius 1 is 1.45 bits per heavy atom. The molecule has 0 aromatic carbocycles. The third-order valence-corrected chi connectivity index (χ3v) is 7.21. The van der Waals surface area contributed by atoms with Crippen LogP contribution in [0, 0.1) is 5.92 Å². The third-order valence-electron chi connectivity index (χ3n) is 5.08. The molecular weight excluding hydrogens is 436 g/mol. The van der Waals surface area contributed by atoms with Crippen molar-refractivity contribution >= 4 is 45.1 Å². The number of allylic oxidation sites excluding steroid dienone is 1. The first-order valence-electron chi connectivity index (χ1n) is 9.89. The van der Waals surface area contributed by atoms with Crippen LogP contribution in [0.1, 0.15) is 34.3 Å². The summed E-state index contributed by atoms with van der Waals surface area (Å²) in [7, 11) is 0. The molecule has 162 valence electrons. The predicted octanol–water partition coefficient (Wildman–Crippen LogP) is 2.92. The molecule has 10 heteroatoms. The quantitative estimate of drug-likeness (QED) is 0.255. The van der Waals surface area contributed by atoms with Crippen LogP contribution in [0.3, 0.4) is 0 Å². The van der Waals surface area contributed by atoms with Gasteiger partial charge in [-0.1, -0.05) is 24.8 Å². The van der Waals surface area contributed by atoms with Crippen molar-refractivity contribution in [3.8, 4) is 0 Å². The van der Waals surface area contributed by atoms with Crippen molar-refractivity contribution < 1.29 is 14.0 Å². The van der Waals surface area contributed by atoms with E-state index < -0.39 is 11.8 Å². The number of furan rings is 1. The molecule has 8 nitrogen and oxygen atoms in total. The number of hydrogen-bond donors (Lipinski definition) is 2. The van der Waals surface area contributed by atoms with Crippen LogP contribution >= 0.6 is 23.1 Å². The van der Waals surface area contributed by atoms with E-state index in [1.807, 2.05) is 0 Å². The fraction of sp³-hybridized carbons (Fsp3) is 0.333. The Labute approximate surface area is 186 Å². The monoisotopic (exact) mass is 458 g/mol. The lowest BCUT2D eigenvalue weighted by molar-refractivity contribution is -0.119. The van der Waals surface area contributed by atoms with E-state index in [4.69, 9.17) is 9.40 Å². The largest absolute Gasteiger partial charge is 0.459 e. The molecule has 2 amide bonds. The number of aryl methyl sites for hydroxylation is 1. The normalized spacial score (nSPS) is 15.5. The molecule has 3 aromatic rings. The van der Waals surface area contributed by atoms with Gasteiger partial charge >= 0.3 is 5.91 Å². The number of hydrazine groups is 1. The van der Waals surface area contributed by atoms with Crippen LogP contribution in [0.25, 0.3) is 10.2 Å². The Morgan fingerprint density at radius 3 is 3.03 bits per heavy atom. The topological polar surface area (TPSA) is 106 Å². The summed E-state index contributed by atoms with van der Waals surface area (Å²) in [6.45, 7) is 6.27. The average molecular weight is 459 g/mol. The van der Waals surface area contributed by atoms with Crippen molar-refractivity contribution in [3.63, 3.8) is 0 Å². The molecule has 1 aliphatic carbocycles. The molecule has 1 atom stereocenters. The van der Waals surface area contributed by atoms with Gasteiger partial charge in [-0.25, -0.2) is 4.98 Å². The number of thiophene rings is 1. The number of carbonyl (C=O) groups excluding carboxylic acids is 2. The minimum atomic E-state index is -0.551. The number of rotatable bonds is 6. The highest BCUT2D eigenvalue weighted by Gasteiger charge is 2.24. The number of amides is 2. The molecule has 1 unspecified atom stereocenters. The van der Waals surface area contributed by atoms with Gasteiger partial charge in [0.2, 0.25) is 5.91 Å². The van der Waals surface area contributed by atoms with Gasteiger partial charge < -0.3 is 4.42 Å². The van der Waals surface area contributed by atoms with Crippen molar-refractivity contribution in [2.24, 2.45) is 5.92 Å². The van der Waals surface area contributed by atoms with Gasteiger partial charge in [-0.2, -0.15) is 0 Å². The smallest absolute Gasteiger partial charge is 0.305 e. The highest BCUT2D eigenvalue weighted by molar-refractivity contribution is 7.99. The maximum Gasteiger partial charge on any atom is 0.305 e. The highest BCUT2D eigenvalue weighted by Crippen LogP contribution is 2.36. The van der Waals surface area contributed by atoms with E-state index in [2.05, 4.69) is 24.4 Å². The van der Waals surface area contributed by atoms with E-state index in [0.29, 0.717) is 23.0 Å². The molecule has 0 bridgehead atoms. The lowest BCUT2D eigenvalue weighted by atomic mass is 9.89. The van der Waals surface area contributed by atoms with Gasteiger partial charge in [-0.05, 0) is 42.9 Å². The zero-order chi connectivity index (χ0) is 22.0. The molecule has 4 rings (SSSR count). The number of nitrogens with one attached hydrogen (secondary N) is 2. The van der Waals surface area contributed by atoms with Gasteiger partial charge in [0, 0.05) is 11.4 Å². The summed E-state index contributed by atoms with van der Waals surface area (Å²) >= 11 is 2.72. The van der Waals surface area contributed by atoms with E-state index in [1.165, 1.54) is 17.2 Å². The number of fused-ring (bicyclic) bond motifs is 3. The van der Waals surface area contributed by atoms with Crippen LogP contribution in [0.4, 0.5) is 0 Å². The van der Waals surface area contributed by atoms with Crippen LogP contribution in [-0.4, -0.2) is 27.1 Å². The summed E-state index contributed by atoms with van der Waals surface area (Å²) in [6.07, 6.45) is 5.95. The minimum Gasteiger partial charge on any atom is -0.459 e. The van der Waals surface area contributed by atoms with Crippen molar-refractivity contribution in [2.45, 2.75) is 37.9 Å². The third kappa shape index (κ3) is 4.45. The maximum absolute atomic E-state index is 13.2. The first-order valence-corrected chi connectivity index (χ1v) is 11.7. The van der Waals surface area contributed by atoms with Gasteiger partial charge in [0.1, 0.15) is 4.83 Å². The summed E-state index contributed by atoms with van der Waals surface area (Å²) in [5.41, 5.74) is 5.66. The minimum absolute atomic E-state index is 0.0182. The number of aromatic nitrogens is 2. The molecule has 0 saturated carbocycles. The van der Waals surface area contributed by atoms with Gasteiger partial charge in [0.05, 0.1) is 17.4 Å². The molecule has 0 spiro atoms. The Hall–Kier alpha value is -2.85. The second kappa shape index (κ2) is 9.11. The molecule has 3 aromatic heterocycles. The Balaban J connectivity index is 1.52. The Morgan fingerprint density at radius 2 is 2.29 bits per heavy atom. The predicted molar refractivity (Wildman–Crippen MR) is 120 cm³/mol. The summed E-state index contributed by atoms with van der Waals surface area (Å²) in [5, 5.41) is 1.16. The molecule has 0 aliphatic heterocycles. The maximum atomic E-state index is 13.2. The Kier molecular flexibility index (Phi) is 6.28. The van der Waals surface area contributed by atoms with Crippen LogP contribution < -0.4 is 16.4 Å². The van der Waals surface area contributed by atoms with E-state index in [0.717, 1.165) is 41.4 Å². The van der Waals surface area contributed by atoms with Crippen molar-refractivity contribution in [1.82, 2.24) is 20.4 Å². The lowest BCUT2D eigenvalue weighted by Gasteiger charge is -2.17. The SMILES string of the molecule is C=CCn1c(SCC(=O)NNC(=O)c2ccco2)nc2sc3c(c2c1=O)CCC(C)C3. The zero-order valence-electron chi connectivity index (χ0n) is 17.0. The van der Waals surface area contributed by atoms with Crippen molar-refractivity contribution in [3.05, 3.63) is 57.6 Å². The summed E-state index contributed by atoms with van der Waals surface area (Å²) in [4.78, 5) is 43.9. The first kappa shape index (κ1) is 21.4. The molecular formula is C21H22N4O4S2. The fourth-order valence-electron chi connectivity index (χ4n) is 3.57. The van der Waals surface area contributed by atoms with Crippen LogP contribution in [0.5, 0.6) is 0 Å². The van der Waals surface area contributed by atoms with E-state index in [9.17, 15) is 14.4 Å². The number of hydrogen-bond acceptors (Lipinski definition) is 7. The number of nitrogens with zero attached hydrogens (tertiary/aromatic N) is 2. The van der Waals surface area contributed by atoms with Crippen LogP contribution in [-0.2, 0) is 24.2 Å². The lowest BCUT2D eigenvalue weighted by Crippen LogP contribution is -2.42. The van der Waals surface area contributed by atoms with Gasteiger partial charge in [-0.15, -0.1) is 17.9 Å². The molecule has 31 heavy (non-hydrogen) atoms. The molecule has 1 aliphatic rings. The number of carbonyl (C=O) groups is 2. The molecule has 0 saturated heterocycles. The zero-order valence-corrected chi connectivity index (χ0v) is 18.6. The molecule has 3 heterocycles. The van der Waals surface area contributed by atoms with Crippen LogP contribution in [0.15, 0.2) is 45.4 Å². The highest BCUT2D eigenvalue weighted by atomic mass is 32.2. The summed E-state index contributed by atoms with van der Waals surface area (Å²) in [6, 6.07) is 3.07. The summed E-state index contributed by atoms with van der Waals surface area (Å²) in [5.74, 6) is -0.301. The molecule has 0 radical (unpaired) electrons. The van der Waals surface area contributed by atoms with Gasteiger partial charge in [-0.3, -0.25) is 29.8 Å². The van der Waals surface area contributed by atoms with E-state index in [-0.39, 0.29) is 17.1 Å². The van der Waals surface area contributed by atoms with Crippen molar-refractivity contribution in [1.29, 1.82) is 0 Å². The van der Waals surface area contributed by atoms with E-state index in [1.54, 1.807) is 28.0 Å².